The summed E-state index contributed by atoms with van der Waals surface area (Å²) in [5.74, 6) is 2.06. The molecule has 0 amide bonds. The highest BCUT2D eigenvalue weighted by Gasteiger charge is 2.14. The van der Waals surface area contributed by atoms with Crippen molar-refractivity contribution in [2.24, 2.45) is 17.8 Å². The molecule has 2 rings (SSSR count). The van der Waals surface area contributed by atoms with Crippen LogP contribution in [-0.4, -0.2) is 18.1 Å². The summed E-state index contributed by atoms with van der Waals surface area (Å²) in [6.45, 7) is 11.4. The standard InChI is InChI=1S/C19H28N2/c1-14(2)12-20-13-16(4)15(3)11-17-9-10-21-19-8-6-5-7-18(17)19/h5-10,14-16,20H,11-13H2,1-4H3. The Morgan fingerprint density at radius 2 is 1.71 bits per heavy atom. The molecule has 2 atom stereocenters. The van der Waals surface area contributed by atoms with E-state index in [1.165, 1.54) is 10.9 Å². The van der Waals surface area contributed by atoms with Crippen molar-refractivity contribution in [2.45, 2.75) is 34.1 Å². The van der Waals surface area contributed by atoms with Gasteiger partial charge in [0, 0.05) is 11.6 Å². The number of nitrogens with zero attached hydrogens (tertiary/aromatic N) is 1. The maximum absolute atomic E-state index is 4.45. The number of aromatic nitrogens is 1. The molecule has 2 nitrogen and oxygen atoms in total. The zero-order chi connectivity index (χ0) is 15.2. The molecule has 21 heavy (non-hydrogen) atoms. The van der Waals surface area contributed by atoms with Crippen molar-refractivity contribution in [1.29, 1.82) is 0 Å². The molecule has 1 aromatic heterocycles. The molecule has 2 aromatic rings. The van der Waals surface area contributed by atoms with Crippen LogP contribution >= 0.6 is 0 Å². The summed E-state index contributed by atoms with van der Waals surface area (Å²) in [5, 5.41) is 4.88. The van der Waals surface area contributed by atoms with Crippen molar-refractivity contribution in [3.8, 4) is 0 Å². The quantitative estimate of drug-likeness (QED) is 0.820. The molecular formula is C19H28N2. The maximum atomic E-state index is 4.45. The van der Waals surface area contributed by atoms with Crippen LogP contribution in [0.5, 0.6) is 0 Å². The van der Waals surface area contributed by atoms with Gasteiger partial charge in [-0.25, -0.2) is 0 Å². The van der Waals surface area contributed by atoms with Gasteiger partial charge in [-0.1, -0.05) is 45.9 Å². The Hall–Kier alpha value is -1.41. The molecular weight excluding hydrogens is 256 g/mol. The molecule has 0 aliphatic rings. The third-order valence-electron chi connectivity index (χ3n) is 4.27. The molecule has 0 saturated carbocycles. The summed E-state index contributed by atoms with van der Waals surface area (Å²) in [5.41, 5.74) is 2.52. The van der Waals surface area contributed by atoms with Crippen LogP contribution in [0.15, 0.2) is 36.5 Å². The topological polar surface area (TPSA) is 24.9 Å². The second-order valence-electron chi connectivity index (χ2n) is 6.70. The van der Waals surface area contributed by atoms with Gasteiger partial charge in [-0.2, -0.15) is 0 Å². The fourth-order valence-corrected chi connectivity index (χ4v) is 2.68. The third kappa shape index (κ3) is 4.53. The molecule has 1 N–H and O–H groups in total. The van der Waals surface area contributed by atoms with E-state index in [0.29, 0.717) is 11.8 Å². The number of hydrogen-bond donors (Lipinski definition) is 1. The van der Waals surface area contributed by atoms with Gasteiger partial charge in [-0.05, 0) is 55.0 Å². The molecule has 0 aliphatic carbocycles. The lowest BCUT2D eigenvalue weighted by atomic mass is 9.88. The molecule has 2 heteroatoms. The van der Waals surface area contributed by atoms with E-state index in [4.69, 9.17) is 0 Å². The van der Waals surface area contributed by atoms with Gasteiger partial charge in [0.15, 0.2) is 0 Å². The lowest BCUT2D eigenvalue weighted by molar-refractivity contribution is 0.358. The minimum Gasteiger partial charge on any atom is -0.316 e. The Morgan fingerprint density at radius 1 is 0.952 bits per heavy atom. The van der Waals surface area contributed by atoms with E-state index in [9.17, 15) is 0 Å². The predicted molar refractivity (Wildman–Crippen MR) is 91.5 cm³/mol. The summed E-state index contributed by atoms with van der Waals surface area (Å²) >= 11 is 0. The van der Waals surface area contributed by atoms with Crippen LogP contribution in [0, 0.1) is 17.8 Å². The summed E-state index contributed by atoms with van der Waals surface area (Å²) in [6.07, 6.45) is 3.06. The molecule has 1 aromatic carbocycles. The summed E-state index contributed by atoms with van der Waals surface area (Å²) in [4.78, 5) is 4.45. The second kappa shape index (κ2) is 7.56. The number of hydrogen-bond acceptors (Lipinski definition) is 2. The van der Waals surface area contributed by atoms with E-state index >= 15 is 0 Å². The third-order valence-corrected chi connectivity index (χ3v) is 4.27. The van der Waals surface area contributed by atoms with Crippen LogP contribution in [0.4, 0.5) is 0 Å². The Balaban J connectivity index is 1.99. The molecule has 0 spiro atoms. The molecule has 114 valence electrons. The molecule has 0 radical (unpaired) electrons. The second-order valence-corrected chi connectivity index (χ2v) is 6.70. The Kier molecular flexibility index (Phi) is 5.75. The highest BCUT2D eigenvalue weighted by Crippen LogP contribution is 2.22. The molecule has 0 fully saturated rings. The predicted octanol–water partition coefficient (Wildman–Crippen LogP) is 4.30. The van der Waals surface area contributed by atoms with E-state index in [1.54, 1.807) is 0 Å². The molecule has 2 unspecified atom stereocenters. The average Bonchev–Trinajstić information content (AvgIpc) is 2.47. The van der Waals surface area contributed by atoms with Crippen LogP contribution < -0.4 is 5.32 Å². The van der Waals surface area contributed by atoms with Gasteiger partial charge in [0.2, 0.25) is 0 Å². The number of benzene rings is 1. The van der Waals surface area contributed by atoms with Crippen molar-refractivity contribution < 1.29 is 0 Å². The minimum atomic E-state index is 0.662. The zero-order valence-corrected chi connectivity index (χ0v) is 13.8. The van der Waals surface area contributed by atoms with E-state index in [0.717, 1.165) is 30.9 Å². The highest BCUT2D eigenvalue weighted by atomic mass is 14.9. The first-order valence-electron chi connectivity index (χ1n) is 8.11. The zero-order valence-electron chi connectivity index (χ0n) is 13.8. The summed E-state index contributed by atoms with van der Waals surface area (Å²) < 4.78 is 0. The van der Waals surface area contributed by atoms with Crippen molar-refractivity contribution in [1.82, 2.24) is 10.3 Å². The van der Waals surface area contributed by atoms with Crippen LogP contribution in [0.1, 0.15) is 33.3 Å². The van der Waals surface area contributed by atoms with Crippen molar-refractivity contribution >= 4 is 10.9 Å². The fourth-order valence-electron chi connectivity index (χ4n) is 2.68. The van der Waals surface area contributed by atoms with Gasteiger partial charge in [-0.15, -0.1) is 0 Å². The highest BCUT2D eigenvalue weighted by molar-refractivity contribution is 5.81. The Labute approximate surface area is 129 Å². The summed E-state index contributed by atoms with van der Waals surface area (Å²) in [6, 6.07) is 10.6. The smallest absolute Gasteiger partial charge is 0.0704 e. The SMILES string of the molecule is CC(C)CNCC(C)C(C)Cc1ccnc2ccccc12. The largest absolute Gasteiger partial charge is 0.316 e. The number of rotatable bonds is 7. The first-order valence-corrected chi connectivity index (χ1v) is 8.11. The van der Waals surface area contributed by atoms with Crippen LogP contribution in [0.3, 0.4) is 0 Å². The van der Waals surface area contributed by atoms with E-state index < -0.39 is 0 Å². The Morgan fingerprint density at radius 3 is 2.48 bits per heavy atom. The molecule has 0 aliphatic heterocycles. The van der Waals surface area contributed by atoms with Gasteiger partial charge < -0.3 is 5.32 Å². The lowest BCUT2D eigenvalue weighted by Gasteiger charge is -2.21. The summed E-state index contributed by atoms with van der Waals surface area (Å²) in [7, 11) is 0. The minimum absolute atomic E-state index is 0.662. The molecule has 0 bridgehead atoms. The van der Waals surface area contributed by atoms with Gasteiger partial charge in [0.25, 0.3) is 0 Å². The van der Waals surface area contributed by atoms with E-state index in [2.05, 4.69) is 68.3 Å². The van der Waals surface area contributed by atoms with Gasteiger partial charge >= 0.3 is 0 Å². The van der Waals surface area contributed by atoms with Crippen molar-refractivity contribution in [2.75, 3.05) is 13.1 Å². The monoisotopic (exact) mass is 284 g/mol. The van der Waals surface area contributed by atoms with Crippen LogP contribution in [0.2, 0.25) is 0 Å². The number of para-hydroxylation sites is 1. The van der Waals surface area contributed by atoms with Gasteiger partial charge in [-0.3, -0.25) is 4.98 Å². The lowest BCUT2D eigenvalue weighted by Crippen LogP contribution is -2.28. The first kappa shape index (κ1) is 16.0. The Bertz CT molecular complexity index is 557. The van der Waals surface area contributed by atoms with Gasteiger partial charge in [0.1, 0.15) is 0 Å². The number of fused-ring (bicyclic) bond motifs is 1. The molecule has 0 saturated heterocycles. The van der Waals surface area contributed by atoms with E-state index in [-0.39, 0.29) is 0 Å². The van der Waals surface area contributed by atoms with E-state index in [1.807, 2.05) is 6.20 Å². The average molecular weight is 284 g/mol. The maximum Gasteiger partial charge on any atom is 0.0704 e. The van der Waals surface area contributed by atoms with Crippen LogP contribution in [0.25, 0.3) is 10.9 Å². The first-order chi connectivity index (χ1) is 10.1. The van der Waals surface area contributed by atoms with Gasteiger partial charge in [0.05, 0.1) is 5.52 Å². The fraction of sp³-hybridized carbons (Fsp3) is 0.526. The normalized spacial score (nSPS) is 14.5. The molecule has 1 heterocycles. The number of pyridine rings is 1. The van der Waals surface area contributed by atoms with Crippen molar-refractivity contribution in [3.05, 3.63) is 42.1 Å². The number of nitrogens with one attached hydrogen (secondary N) is 1. The van der Waals surface area contributed by atoms with Crippen molar-refractivity contribution in [3.63, 3.8) is 0 Å². The van der Waals surface area contributed by atoms with Crippen LogP contribution in [-0.2, 0) is 6.42 Å².